The molecule has 0 saturated carbocycles. The molecule has 1 atom stereocenters. The van der Waals surface area contributed by atoms with E-state index in [1.54, 1.807) is 24.3 Å². The van der Waals surface area contributed by atoms with E-state index < -0.39 is 9.84 Å². The Morgan fingerprint density at radius 1 is 1.25 bits per heavy atom. The topological polar surface area (TPSA) is 46.2 Å². The van der Waals surface area contributed by atoms with Crippen molar-refractivity contribution < 1.29 is 8.42 Å². The molecule has 0 aliphatic carbocycles. The fourth-order valence-electron chi connectivity index (χ4n) is 2.10. The van der Waals surface area contributed by atoms with E-state index in [9.17, 15) is 8.42 Å². The van der Waals surface area contributed by atoms with Crippen molar-refractivity contribution in [2.45, 2.75) is 17.7 Å². The molecule has 0 aromatic heterocycles. The zero-order chi connectivity index (χ0) is 11.4. The van der Waals surface area contributed by atoms with Gasteiger partial charge in [0.1, 0.15) is 0 Å². The lowest BCUT2D eigenvalue weighted by molar-refractivity contribution is 0.404. The highest BCUT2D eigenvalue weighted by atomic mass is 32.2. The van der Waals surface area contributed by atoms with Crippen LogP contribution in [0.4, 0.5) is 0 Å². The van der Waals surface area contributed by atoms with Gasteiger partial charge in [0.05, 0.1) is 10.6 Å². The minimum absolute atomic E-state index is 0.263. The van der Waals surface area contributed by atoms with Gasteiger partial charge in [-0.2, -0.15) is 0 Å². The summed E-state index contributed by atoms with van der Waals surface area (Å²) in [6, 6.07) is 8.72. The molecule has 0 amide bonds. The summed E-state index contributed by atoms with van der Waals surface area (Å²) >= 11 is 0. The molecule has 2 rings (SSSR count). The molecule has 1 saturated heterocycles. The first kappa shape index (κ1) is 11.6. The molecule has 0 radical (unpaired) electrons. The summed E-state index contributed by atoms with van der Waals surface area (Å²) in [6.07, 6.45) is 2.09. The van der Waals surface area contributed by atoms with Crippen molar-refractivity contribution in [2.75, 3.05) is 18.8 Å². The Morgan fingerprint density at radius 2 is 2.00 bits per heavy atom. The Balaban J connectivity index is 2.08. The van der Waals surface area contributed by atoms with E-state index in [2.05, 4.69) is 5.32 Å². The first-order chi connectivity index (χ1) is 7.68. The minimum atomic E-state index is -3.10. The van der Waals surface area contributed by atoms with Crippen molar-refractivity contribution >= 4 is 9.84 Å². The highest BCUT2D eigenvalue weighted by Crippen LogP contribution is 2.18. The Labute approximate surface area is 96.8 Å². The quantitative estimate of drug-likeness (QED) is 0.868. The van der Waals surface area contributed by atoms with Crippen molar-refractivity contribution in [3.63, 3.8) is 0 Å². The van der Waals surface area contributed by atoms with Gasteiger partial charge in [0.2, 0.25) is 0 Å². The summed E-state index contributed by atoms with van der Waals surface area (Å²) in [4.78, 5) is 0.445. The molecule has 0 spiro atoms. The standard InChI is InChI=1S/C12H17NO2S/c14-16(15,12-6-2-1-3-7-12)10-11-5-4-8-13-9-11/h1-3,6-7,11,13H,4-5,8-10H2/t11-/m1/s1. The van der Waals surface area contributed by atoms with Crippen LogP contribution in [-0.2, 0) is 9.84 Å². The summed E-state index contributed by atoms with van der Waals surface area (Å²) in [6.45, 7) is 1.84. The normalized spacial score (nSPS) is 21.9. The van der Waals surface area contributed by atoms with Crippen LogP contribution in [0.3, 0.4) is 0 Å². The SMILES string of the molecule is O=S(=O)(C[C@@H]1CCCNC1)c1ccccc1. The van der Waals surface area contributed by atoms with Crippen molar-refractivity contribution in [3.05, 3.63) is 30.3 Å². The monoisotopic (exact) mass is 239 g/mol. The van der Waals surface area contributed by atoms with E-state index in [0.717, 1.165) is 25.9 Å². The summed E-state index contributed by atoms with van der Waals surface area (Å²) < 4.78 is 24.1. The lowest BCUT2D eigenvalue weighted by Crippen LogP contribution is -2.33. The molecule has 0 unspecified atom stereocenters. The molecule has 3 nitrogen and oxygen atoms in total. The summed E-state index contributed by atoms with van der Waals surface area (Å²) in [5.74, 6) is 0.531. The number of sulfone groups is 1. The van der Waals surface area contributed by atoms with Gasteiger partial charge in [-0.05, 0) is 44.0 Å². The van der Waals surface area contributed by atoms with Crippen LogP contribution in [0, 0.1) is 5.92 Å². The average molecular weight is 239 g/mol. The van der Waals surface area contributed by atoms with Gasteiger partial charge < -0.3 is 5.32 Å². The Hall–Kier alpha value is -0.870. The van der Waals surface area contributed by atoms with Gasteiger partial charge in [-0.3, -0.25) is 0 Å². The van der Waals surface area contributed by atoms with Gasteiger partial charge in [-0.1, -0.05) is 18.2 Å². The largest absolute Gasteiger partial charge is 0.316 e. The third kappa shape index (κ3) is 2.83. The molecule has 0 bridgehead atoms. The second-order valence-electron chi connectivity index (χ2n) is 4.31. The predicted molar refractivity (Wildman–Crippen MR) is 64.1 cm³/mol. The third-order valence-corrected chi connectivity index (χ3v) is 4.86. The number of benzene rings is 1. The maximum Gasteiger partial charge on any atom is 0.178 e. The summed E-state index contributed by atoms with van der Waals surface area (Å²) in [7, 11) is -3.10. The Bertz CT molecular complexity index is 422. The van der Waals surface area contributed by atoms with Crippen molar-refractivity contribution in [3.8, 4) is 0 Å². The molecule has 1 fully saturated rings. The van der Waals surface area contributed by atoms with Crippen LogP contribution < -0.4 is 5.32 Å². The van der Waals surface area contributed by atoms with Gasteiger partial charge in [0.15, 0.2) is 9.84 Å². The zero-order valence-corrected chi connectivity index (χ0v) is 10.0. The number of hydrogen-bond donors (Lipinski definition) is 1. The molecule has 1 aliphatic rings. The van der Waals surface area contributed by atoms with Crippen LogP contribution in [0.15, 0.2) is 35.2 Å². The van der Waals surface area contributed by atoms with Gasteiger partial charge >= 0.3 is 0 Å². The van der Waals surface area contributed by atoms with E-state index in [4.69, 9.17) is 0 Å². The molecule has 1 N–H and O–H groups in total. The summed E-state index contributed by atoms with van der Waals surface area (Å²) in [5, 5.41) is 3.24. The Kier molecular flexibility index (Phi) is 3.61. The second kappa shape index (κ2) is 4.97. The van der Waals surface area contributed by atoms with E-state index >= 15 is 0 Å². The van der Waals surface area contributed by atoms with Crippen LogP contribution in [0.1, 0.15) is 12.8 Å². The van der Waals surface area contributed by atoms with Crippen molar-refractivity contribution in [1.82, 2.24) is 5.32 Å². The van der Waals surface area contributed by atoms with Crippen LogP contribution in [-0.4, -0.2) is 27.3 Å². The van der Waals surface area contributed by atoms with Crippen molar-refractivity contribution in [2.24, 2.45) is 5.92 Å². The lowest BCUT2D eigenvalue weighted by Gasteiger charge is -2.22. The lowest BCUT2D eigenvalue weighted by atomic mass is 10.0. The van der Waals surface area contributed by atoms with Gasteiger partial charge in [0, 0.05) is 0 Å². The van der Waals surface area contributed by atoms with Crippen LogP contribution in [0.2, 0.25) is 0 Å². The molecule has 16 heavy (non-hydrogen) atoms. The number of rotatable bonds is 3. The molecule has 4 heteroatoms. The minimum Gasteiger partial charge on any atom is -0.316 e. The number of nitrogens with one attached hydrogen (secondary N) is 1. The van der Waals surface area contributed by atoms with Crippen LogP contribution in [0.25, 0.3) is 0 Å². The number of hydrogen-bond acceptors (Lipinski definition) is 3. The van der Waals surface area contributed by atoms with Gasteiger partial charge in [-0.25, -0.2) is 8.42 Å². The van der Waals surface area contributed by atoms with Crippen LogP contribution >= 0.6 is 0 Å². The average Bonchev–Trinajstić information content (AvgIpc) is 2.31. The molecular formula is C12H17NO2S. The van der Waals surface area contributed by atoms with Crippen molar-refractivity contribution in [1.29, 1.82) is 0 Å². The highest BCUT2D eigenvalue weighted by molar-refractivity contribution is 7.91. The number of piperidine rings is 1. The smallest absolute Gasteiger partial charge is 0.178 e. The third-order valence-electron chi connectivity index (χ3n) is 2.96. The maximum atomic E-state index is 12.1. The zero-order valence-electron chi connectivity index (χ0n) is 9.22. The molecule has 88 valence electrons. The maximum absolute atomic E-state index is 12.1. The first-order valence-electron chi connectivity index (χ1n) is 5.67. The molecule has 1 aliphatic heterocycles. The van der Waals surface area contributed by atoms with E-state index in [-0.39, 0.29) is 11.7 Å². The molecular weight excluding hydrogens is 222 g/mol. The van der Waals surface area contributed by atoms with Gasteiger partial charge in [0.25, 0.3) is 0 Å². The van der Waals surface area contributed by atoms with E-state index in [0.29, 0.717) is 4.90 Å². The molecule has 1 aromatic carbocycles. The molecule has 1 aromatic rings. The van der Waals surface area contributed by atoms with Crippen LogP contribution in [0.5, 0.6) is 0 Å². The fraction of sp³-hybridized carbons (Fsp3) is 0.500. The fourth-order valence-corrected chi connectivity index (χ4v) is 3.77. The van der Waals surface area contributed by atoms with E-state index in [1.807, 2.05) is 6.07 Å². The highest BCUT2D eigenvalue weighted by Gasteiger charge is 2.22. The second-order valence-corrected chi connectivity index (χ2v) is 6.34. The van der Waals surface area contributed by atoms with Gasteiger partial charge in [-0.15, -0.1) is 0 Å². The summed E-state index contributed by atoms with van der Waals surface area (Å²) in [5.41, 5.74) is 0. The van der Waals surface area contributed by atoms with E-state index in [1.165, 1.54) is 0 Å². The predicted octanol–water partition coefficient (Wildman–Crippen LogP) is 1.46. The Morgan fingerprint density at radius 3 is 2.62 bits per heavy atom. The first-order valence-corrected chi connectivity index (χ1v) is 7.32. The molecule has 1 heterocycles.